The van der Waals surface area contributed by atoms with Gasteiger partial charge in [0.25, 0.3) is 5.91 Å². The maximum atomic E-state index is 13.1. The van der Waals surface area contributed by atoms with Gasteiger partial charge in [0.15, 0.2) is 11.5 Å². The third-order valence-corrected chi connectivity index (χ3v) is 6.18. The monoisotopic (exact) mass is 501 g/mol. The summed E-state index contributed by atoms with van der Waals surface area (Å²) in [6, 6.07) is 25.1. The molecule has 36 heavy (non-hydrogen) atoms. The van der Waals surface area contributed by atoms with Gasteiger partial charge in [-0.3, -0.25) is 4.79 Å². The van der Waals surface area contributed by atoms with Gasteiger partial charge in [-0.2, -0.15) is 5.26 Å². The fourth-order valence-electron chi connectivity index (χ4n) is 4.03. The molecule has 0 radical (unpaired) electrons. The van der Waals surface area contributed by atoms with Crippen LogP contribution >= 0.6 is 11.6 Å². The Morgan fingerprint density at radius 2 is 1.69 bits per heavy atom. The second kappa shape index (κ2) is 12.1. The van der Waals surface area contributed by atoms with Crippen molar-refractivity contribution in [1.29, 1.82) is 5.26 Å². The van der Waals surface area contributed by atoms with Gasteiger partial charge in [-0.1, -0.05) is 48.0 Å². The van der Waals surface area contributed by atoms with Crippen LogP contribution in [0.3, 0.4) is 0 Å². The predicted octanol–water partition coefficient (Wildman–Crippen LogP) is 5.57. The number of nitriles is 1. The summed E-state index contributed by atoms with van der Waals surface area (Å²) in [6.07, 6.45) is 1.61. The quantitative estimate of drug-likeness (QED) is 0.298. The summed E-state index contributed by atoms with van der Waals surface area (Å²) in [5.41, 5.74) is 2.92. The molecule has 1 heterocycles. The van der Waals surface area contributed by atoms with E-state index in [2.05, 4.69) is 23.1 Å². The molecule has 3 aromatic carbocycles. The van der Waals surface area contributed by atoms with Gasteiger partial charge < -0.3 is 19.3 Å². The van der Waals surface area contributed by atoms with Crippen LogP contribution in [0.15, 0.2) is 78.4 Å². The highest BCUT2D eigenvalue weighted by atomic mass is 35.5. The van der Waals surface area contributed by atoms with Crippen molar-refractivity contribution >= 4 is 29.3 Å². The zero-order valence-electron chi connectivity index (χ0n) is 20.2. The zero-order valence-corrected chi connectivity index (χ0v) is 20.9. The lowest BCUT2D eigenvalue weighted by atomic mass is 10.1. The maximum Gasteiger partial charge on any atom is 0.264 e. The van der Waals surface area contributed by atoms with E-state index in [1.807, 2.05) is 55.5 Å². The van der Waals surface area contributed by atoms with Crippen molar-refractivity contribution in [3.8, 4) is 17.6 Å². The number of nitrogens with zero attached hydrogens (tertiary/aromatic N) is 3. The average molecular weight is 502 g/mol. The van der Waals surface area contributed by atoms with E-state index in [-0.39, 0.29) is 11.5 Å². The normalized spacial score (nSPS) is 13.8. The molecule has 0 aliphatic carbocycles. The van der Waals surface area contributed by atoms with Crippen LogP contribution in [-0.4, -0.2) is 43.6 Å². The predicted molar refractivity (Wildman–Crippen MR) is 142 cm³/mol. The molecule has 0 unspecified atom stereocenters. The van der Waals surface area contributed by atoms with Crippen molar-refractivity contribution in [3.05, 3.63) is 94.5 Å². The molecule has 1 aliphatic heterocycles. The fraction of sp³-hybridized carbons (Fsp3) is 0.241. The van der Waals surface area contributed by atoms with Gasteiger partial charge >= 0.3 is 0 Å². The van der Waals surface area contributed by atoms with Crippen LogP contribution in [0.4, 0.5) is 5.69 Å². The number of hydrogen-bond donors (Lipinski definition) is 0. The Hall–Kier alpha value is -3.95. The number of anilines is 1. The van der Waals surface area contributed by atoms with Crippen LogP contribution in [0.5, 0.6) is 11.5 Å². The SMILES string of the molecule is CCOc1cc(/C=C(/C#N)C(=O)N2CCN(c3ccccc3)CC2)ccc1OCc1ccc(Cl)cc1. The minimum Gasteiger partial charge on any atom is -0.490 e. The summed E-state index contributed by atoms with van der Waals surface area (Å²) < 4.78 is 11.7. The van der Waals surface area contributed by atoms with Gasteiger partial charge in [0.2, 0.25) is 0 Å². The van der Waals surface area contributed by atoms with Gasteiger partial charge in [0.05, 0.1) is 6.61 Å². The second-order valence-corrected chi connectivity index (χ2v) is 8.78. The molecule has 4 rings (SSSR count). The highest BCUT2D eigenvalue weighted by Gasteiger charge is 2.24. The summed E-state index contributed by atoms with van der Waals surface area (Å²) >= 11 is 5.95. The number of carbonyl (C=O) groups is 1. The fourth-order valence-corrected chi connectivity index (χ4v) is 4.16. The number of halogens is 1. The standard InChI is InChI=1S/C29H28ClN3O3/c1-2-35-28-19-23(10-13-27(28)36-21-22-8-11-25(30)12-9-22)18-24(20-31)29(34)33-16-14-32(15-17-33)26-6-4-3-5-7-26/h3-13,18-19H,2,14-17,21H2,1H3/b24-18-. The molecule has 1 saturated heterocycles. The number of amides is 1. The minimum absolute atomic E-state index is 0.0976. The second-order valence-electron chi connectivity index (χ2n) is 8.34. The molecule has 0 aromatic heterocycles. The molecule has 0 spiro atoms. The maximum absolute atomic E-state index is 13.1. The number of ether oxygens (including phenoxy) is 2. The summed E-state index contributed by atoms with van der Waals surface area (Å²) in [5, 5.41) is 10.4. The van der Waals surface area contributed by atoms with E-state index in [0.29, 0.717) is 48.4 Å². The van der Waals surface area contributed by atoms with Crippen molar-refractivity contribution in [3.63, 3.8) is 0 Å². The summed E-state index contributed by atoms with van der Waals surface area (Å²) in [4.78, 5) is 17.1. The molecule has 7 heteroatoms. The van der Waals surface area contributed by atoms with E-state index in [4.69, 9.17) is 21.1 Å². The van der Waals surface area contributed by atoms with Crippen LogP contribution in [0, 0.1) is 11.3 Å². The molecule has 0 atom stereocenters. The highest BCUT2D eigenvalue weighted by molar-refractivity contribution is 6.30. The molecule has 184 valence electrons. The number of piperazine rings is 1. The summed E-state index contributed by atoms with van der Waals surface area (Å²) in [7, 11) is 0. The van der Waals surface area contributed by atoms with Crippen LogP contribution in [0.1, 0.15) is 18.1 Å². The van der Waals surface area contributed by atoms with Gasteiger partial charge in [-0.15, -0.1) is 0 Å². The Balaban J connectivity index is 1.44. The molecular weight excluding hydrogens is 474 g/mol. The first kappa shape index (κ1) is 25.2. The molecule has 1 amide bonds. The zero-order chi connectivity index (χ0) is 25.3. The van der Waals surface area contributed by atoms with E-state index in [0.717, 1.165) is 24.3 Å². The van der Waals surface area contributed by atoms with E-state index in [9.17, 15) is 10.1 Å². The van der Waals surface area contributed by atoms with Crippen molar-refractivity contribution in [2.24, 2.45) is 0 Å². The van der Waals surface area contributed by atoms with Crippen molar-refractivity contribution < 1.29 is 14.3 Å². The van der Waals surface area contributed by atoms with Crippen LogP contribution in [0.25, 0.3) is 6.08 Å². The van der Waals surface area contributed by atoms with E-state index in [1.165, 1.54) is 0 Å². The van der Waals surface area contributed by atoms with E-state index < -0.39 is 0 Å². The molecule has 0 bridgehead atoms. The Morgan fingerprint density at radius 3 is 2.36 bits per heavy atom. The van der Waals surface area contributed by atoms with Crippen LogP contribution < -0.4 is 14.4 Å². The lowest BCUT2D eigenvalue weighted by Gasteiger charge is -2.36. The number of hydrogen-bond acceptors (Lipinski definition) is 5. The van der Waals surface area contributed by atoms with Crippen molar-refractivity contribution in [2.45, 2.75) is 13.5 Å². The van der Waals surface area contributed by atoms with E-state index >= 15 is 0 Å². The lowest BCUT2D eigenvalue weighted by molar-refractivity contribution is -0.126. The average Bonchev–Trinajstić information content (AvgIpc) is 2.92. The van der Waals surface area contributed by atoms with Gasteiger partial charge in [-0.05, 0) is 60.5 Å². The van der Waals surface area contributed by atoms with Gasteiger partial charge in [0, 0.05) is 36.9 Å². The van der Waals surface area contributed by atoms with Crippen LogP contribution in [0.2, 0.25) is 5.02 Å². The smallest absolute Gasteiger partial charge is 0.264 e. The largest absolute Gasteiger partial charge is 0.490 e. The van der Waals surface area contributed by atoms with Crippen molar-refractivity contribution in [2.75, 3.05) is 37.7 Å². The number of carbonyl (C=O) groups excluding carboxylic acids is 1. The molecule has 1 aliphatic rings. The molecule has 0 N–H and O–H groups in total. The van der Waals surface area contributed by atoms with Crippen LogP contribution in [-0.2, 0) is 11.4 Å². The molecule has 0 saturated carbocycles. The first-order chi connectivity index (χ1) is 17.6. The van der Waals surface area contributed by atoms with Gasteiger partial charge in [-0.25, -0.2) is 0 Å². The van der Waals surface area contributed by atoms with Crippen molar-refractivity contribution in [1.82, 2.24) is 4.90 Å². The van der Waals surface area contributed by atoms with Gasteiger partial charge in [0.1, 0.15) is 18.2 Å². The molecule has 3 aromatic rings. The molecule has 6 nitrogen and oxygen atoms in total. The Morgan fingerprint density at radius 1 is 0.972 bits per heavy atom. The molecular formula is C29H28ClN3O3. The minimum atomic E-state index is -0.258. The highest BCUT2D eigenvalue weighted by Crippen LogP contribution is 2.30. The first-order valence-electron chi connectivity index (χ1n) is 11.9. The molecule has 1 fully saturated rings. The summed E-state index contributed by atoms with van der Waals surface area (Å²) in [6.45, 7) is 5.29. The third-order valence-electron chi connectivity index (χ3n) is 5.93. The Bertz CT molecular complexity index is 1250. The lowest BCUT2D eigenvalue weighted by Crippen LogP contribution is -2.49. The Labute approximate surface area is 216 Å². The Kier molecular flexibility index (Phi) is 8.48. The number of para-hydroxylation sites is 1. The number of benzene rings is 3. The number of rotatable bonds is 8. The van der Waals surface area contributed by atoms with E-state index in [1.54, 1.807) is 23.1 Å². The summed E-state index contributed by atoms with van der Waals surface area (Å²) in [5.74, 6) is 0.887. The topological polar surface area (TPSA) is 65.8 Å². The third kappa shape index (κ3) is 6.38. The first-order valence-corrected chi connectivity index (χ1v) is 12.3.